The van der Waals surface area contributed by atoms with Crippen LogP contribution in [0.15, 0.2) is 31.7 Å². The third-order valence-electron chi connectivity index (χ3n) is 2.78. The van der Waals surface area contributed by atoms with Crippen LogP contribution in [-0.4, -0.2) is 29.9 Å². The van der Waals surface area contributed by atoms with E-state index in [0.717, 1.165) is 27.7 Å². The Morgan fingerprint density at radius 3 is 2.68 bits per heavy atom. The Bertz CT molecular complexity index is 562. The summed E-state index contributed by atoms with van der Waals surface area (Å²) in [5.74, 6) is 1.13. The van der Waals surface area contributed by atoms with Crippen molar-refractivity contribution in [2.24, 2.45) is 0 Å². The van der Waals surface area contributed by atoms with Gasteiger partial charge >= 0.3 is 0 Å². The van der Waals surface area contributed by atoms with E-state index < -0.39 is 0 Å². The van der Waals surface area contributed by atoms with Gasteiger partial charge in [0, 0.05) is 21.1 Å². The Hall–Kier alpha value is -0.760. The molecule has 1 fully saturated rings. The molecule has 2 aromatic rings. The lowest BCUT2D eigenvalue weighted by atomic mass is 10.2. The normalized spacial score (nSPS) is 19.6. The third-order valence-corrected chi connectivity index (χ3v) is 3.70. The number of nitrogens with one attached hydrogen (secondary N) is 1. The summed E-state index contributed by atoms with van der Waals surface area (Å²) in [4.78, 5) is 4.42. The van der Waals surface area contributed by atoms with Crippen molar-refractivity contribution >= 4 is 31.9 Å². The second-order valence-electron chi connectivity index (χ2n) is 4.20. The lowest BCUT2D eigenvalue weighted by Crippen LogP contribution is -2.35. The lowest BCUT2D eigenvalue weighted by Gasteiger charge is -2.20. The molecule has 1 aliphatic rings. The molecule has 0 radical (unpaired) electrons. The first kappa shape index (κ1) is 13.2. The fourth-order valence-corrected chi connectivity index (χ4v) is 3.20. The molecule has 3 rings (SSSR count). The molecule has 0 aliphatic carbocycles. The van der Waals surface area contributed by atoms with Crippen LogP contribution in [0.5, 0.6) is 0 Å². The van der Waals surface area contributed by atoms with Crippen LogP contribution < -0.4 is 5.32 Å². The van der Waals surface area contributed by atoms with E-state index in [4.69, 9.17) is 9.26 Å². The van der Waals surface area contributed by atoms with Gasteiger partial charge in [-0.05, 0) is 18.2 Å². The minimum atomic E-state index is 0.00171. The average molecular weight is 389 g/mol. The lowest BCUT2D eigenvalue weighted by molar-refractivity contribution is 0.0734. The van der Waals surface area contributed by atoms with Gasteiger partial charge in [-0.3, -0.25) is 0 Å². The van der Waals surface area contributed by atoms with Gasteiger partial charge in [-0.15, -0.1) is 0 Å². The molecule has 0 saturated carbocycles. The summed E-state index contributed by atoms with van der Waals surface area (Å²) in [6, 6.07) is 5.83. The molecule has 0 spiro atoms. The van der Waals surface area contributed by atoms with Crippen molar-refractivity contribution in [1.29, 1.82) is 0 Å². The van der Waals surface area contributed by atoms with Crippen LogP contribution in [0.4, 0.5) is 0 Å². The van der Waals surface area contributed by atoms with Crippen molar-refractivity contribution in [1.82, 2.24) is 15.5 Å². The molecular formula is C12H11Br2N3O2. The molecule has 1 atom stereocenters. The highest BCUT2D eigenvalue weighted by Gasteiger charge is 2.21. The van der Waals surface area contributed by atoms with E-state index in [2.05, 4.69) is 47.3 Å². The van der Waals surface area contributed by atoms with Gasteiger partial charge in [0.15, 0.2) is 5.82 Å². The number of halogens is 2. The molecule has 1 saturated heterocycles. The Morgan fingerprint density at radius 1 is 1.21 bits per heavy atom. The highest BCUT2D eigenvalue weighted by Crippen LogP contribution is 2.27. The number of morpholine rings is 1. The van der Waals surface area contributed by atoms with E-state index >= 15 is 0 Å². The average Bonchev–Trinajstić information content (AvgIpc) is 2.88. The zero-order chi connectivity index (χ0) is 13.2. The summed E-state index contributed by atoms with van der Waals surface area (Å²) in [6.45, 7) is 2.10. The predicted molar refractivity (Wildman–Crippen MR) is 76.7 cm³/mol. The number of aromatic nitrogens is 2. The van der Waals surface area contributed by atoms with E-state index in [9.17, 15) is 0 Å². The van der Waals surface area contributed by atoms with Crippen molar-refractivity contribution in [3.8, 4) is 11.5 Å². The molecule has 1 aromatic carbocycles. The highest BCUT2D eigenvalue weighted by molar-refractivity contribution is 9.11. The smallest absolute Gasteiger partial charge is 0.258 e. The molecule has 1 aliphatic heterocycles. The summed E-state index contributed by atoms with van der Waals surface area (Å²) in [6.07, 6.45) is 0. The number of rotatable bonds is 2. The van der Waals surface area contributed by atoms with E-state index in [-0.39, 0.29) is 6.04 Å². The van der Waals surface area contributed by atoms with Crippen molar-refractivity contribution < 1.29 is 9.26 Å². The van der Waals surface area contributed by atoms with Crippen molar-refractivity contribution in [3.63, 3.8) is 0 Å². The molecule has 100 valence electrons. The zero-order valence-electron chi connectivity index (χ0n) is 9.90. The van der Waals surface area contributed by atoms with Crippen molar-refractivity contribution in [2.75, 3.05) is 19.8 Å². The molecule has 1 N–H and O–H groups in total. The fraction of sp³-hybridized carbons (Fsp3) is 0.333. The quantitative estimate of drug-likeness (QED) is 0.856. The number of hydrogen-bond acceptors (Lipinski definition) is 5. The molecule has 2 heterocycles. The van der Waals surface area contributed by atoms with Crippen molar-refractivity contribution in [3.05, 3.63) is 33.0 Å². The summed E-state index contributed by atoms with van der Waals surface area (Å²) < 4.78 is 12.6. The van der Waals surface area contributed by atoms with Gasteiger partial charge in [-0.1, -0.05) is 37.0 Å². The number of nitrogens with zero attached hydrogens (tertiary/aromatic N) is 2. The predicted octanol–water partition coefficient (Wildman–Crippen LogP) is 2.92. The van der Waals surface area contributed by atoms with Gasteiger partial charge in [0.05, 0.1) is 19.3 Å². The summed E-state index contributed by atoms with van der Waals surface area (Å²) in [5, 5.41) is 7.31. The third kappa shape index (κ3) is 3.05. The summed E-state index contributed by atoms with van der Waals surface area (Å²) in [7, 11) is 0. The van der Waals surface area contributed by atoms with Gasteiger partial charge < -0.3 is 14.6 Å². The van der Waals surface area contributed by atoms with Crippen molar-refractivity contribution in [2.45, 2.75) is 6.04 Å². The highest BCUT2D eigenvalue weighted by atomic mass is 79.9. The van der Waals surface area contributed by atoms with Gasteiger partial charge in [0.1, 0.15) is 0 Å². The van der Waals surface area contributed by atoms with Crippen LogP contribution in [0.2, 0.25) is 0 Å². The Morgan fingerprint density at radius 2 is 2.00 bits per heavy atom. The zero-order valence-corrected chi connectivity index (χ0v) is 13.1. The minimum absolute atomic E-state index is 0.00171. The Balaban J connectivity index is 1.87. The van der Waals surface area contributed by atoms with Gasteiger partial charge in [-0.2, -0.15) is 4.98 Å². The monoisotopic (exact) mass is 387 g/mol. The molecule has 7 heteroatoms. The second-order valence-corrected chi connectivity index (χ2v) is 6.03. The first-order valence-corrected chi connectivity index (χ1v) is 7.42. The SMILES string of the molecule is Brc1cc(Br)cc(-c2nc(C3COCCN3)no2)c1. The molecule has 0 bridgehead atoms. The van der Waals surface area contributed by atoms with E-state index in [1.807, 2.05) is 18.2 Å². The number of benzene rings is 1. The minimum Gasteiger partial charge on any atom is -0.378 e. The van der Waals surface area contributed by atoms with Gasteiger partial charge in [0.25, 0.3) is 5.89 Å². The maximum absolute atomic E-state index is 5.39. The van der Waals surface area contributed by atoms with E-state index in [1.54, 1.807) is 0 Å². The standard InChI is InChI=1S/C12H11Br2N3O2/c13-8-3-7(4-9(14)5-8)12-16-11(17-19-12)10-6-18-2-1-15-10/h3-5,10,15H,1-2,6H2. The first-order valence-electron chi connectivity index (χ1n) is 5.83. The van der Waals surface area contributed by atoms with Crippen LogP contribution in [-0.2, 0) is 4.74 Å². The van der Waals surface area contributed by atoms with Gasteiger partial charge in [-0.25, -0.2) is 0 Å². The second kappa shape index (κ2) is 5.70. The molecular weight excluding hydrogens is 378 g/mol. The summed E-state index contributed by atoms with van der Waals surface area (Å²) in [5.41, 5.74) is 0.872. The van der Waals surface area contributed by atoms with Gasteiger partial charge in [0.2, 0.25) is 0 Å². The number of hydrogen-bond donors (Lipinski definition) is 1. The fourth-order valence-electron chi connectivity index (χ4n) is 1.90. The van der Waals surface area contributed by atoms with Crippen LogP contribution in [0.1, 0.15) is 11.9 Å². The maximum atomic E-state index is 5.39. The van der Waals surface area contributed by atoms with E-state index in [1.165, 1.54) is 0 Å². The molecule has 19 heavy (non-hydrogen) atoms. The molecule has 1 aromatic heterocycles. The topological polar surface area (TPSA) is 60.2 Å². The maximum Gasteiger partial charge on any atom is 0.258 e. The van der Waals surface area contributed by atoms with Crippen LogP contribution in [0.25, 0.3) is 11.5 Å². The van der Waals surface area contributed by atoms with Crippen LogP contribution in [0.3, 0.4) is 0 Å². The molecule has 5 nitrogen and oxygen atoms in total. The Kier molecular flexibility index (Phi) is 3.97. The van der Waals surface area contributed by atoms with Crippen LogP contribution >= 0.6 is 31.9 Å². The summed E-state index contributed by atoms with van der Waals surface area (Å²) >= 11 is 6.88. The number of ether oxygens (including phenoxy) is 1. The largest absolute Gasteiger partial charge is 0.378 e. The van der Waals surface area contributed by atoms with Crippen LogP contribution in [0, 0.1) is 0 Å². The molecule has 0 amide bonds. The Labute approximate surface area is 127 Å². The first-order chi connectivity index (χ1) is 9.22. The molecule has 1 unspecified atom stereocenters. The van der Waals surface area contributed by atoms with E-state index in [0.29, 0.717) is 18.3 Å².